The summed E-state index contributed by atoms with van der Waals surface area (Å²) in [6, 6.07) is 15.7. The molecule has 168 valence electrons. The number of nitrogens with two attached hydrogens (primary N) is 1. The highest BCUT2D eigenvalue weighted by molar-refractivity contribution is 5.99. The molecule has 0 aliphatic rings. The van der Waals surface area contributed by atoms with Crippen LogP contribution in [-0.4, -0.2) is 31.3 Å². The smallest absolute Gasteiger partial charge is 0.316 e. The van der Waals surface area contributed by atoms with Gasteiger partial charge in [-0.05, 0) is 42.0 Å². The first-order valence-electron chi connectivity index (χ1n) is 10.2. The Kier molecular flexibility index (Phi) is 5.30. The van der Waals surface area contributed by atoms with Gasteiger partial charge in [0.2, 0.25) is 5.89 Å². The largest absolute Gasteiger partial charge is 0.504 e. The van der Waals surface area contributed by atoms with Crippen LogP contribution in [0.4, 0.5) is 14.9 Å². The van der Waals surface area contributed by atoms with E-state index in [1.807, 2.05) is 0 Å². The summed E-state index contributed by atoms with van der Waals surface area (Å²) in [7, 11) is 0. The molecule has 0 aliphatic heterocycles. The maximum Gasteiger partial charge on any atom is 0.316 e. The summed E-state index contributed by atoms with van der Waals surface area (Å²) in [6.07, 6.45) is 1.84. The van der Waals surface area contributed by atoms with Gasteiger partial charge in [0.15, 0.2) is 11.4 Å². The zero-order valence-corrected chi connectivity index (χ0v) is 17.6. The number of rotatable bonds is 5. The number of fused-ring (bicyclic) bond motifs is 1. The lowest BCUT2D eigenvalue weighted by Gasteiger charge is -2.11. The Bertz CT molecular complexity index is 1520. The predicted octanol–water partition coefficient (Wildman–Crippen LogP) is 4.27. The number of anilines is 1. The van der Waals surface area contributed by atoms with Crippen LogP contribution in [0.25, 0.3) is 33.7 Å². The number of primary amides is 1. The average Bonchev–Trinajstić information content (AvgIpc) is 3.29. The molecule has 0 radical (unpaired) electrons. The molecule has 0 aliphatic carbocycles. The van der Waals surface area contributed by atoms with Crippen LogP contribution in [0.3, 0.4) is 0 Å². The standard InChI is InChI=1S/C24H17FN6O3/c25-15-8-6-13(7-9-15)11-18-30-31-23(34-18)21-22(32)20-17(5-2-10-27-20)19(29-21)14-3-1-4-16(12-14)28-24(26)33/h1-10,12,32H,11H2,(H3,26,28,33). The number of benzene rings is 2. The third-order valence-corrected chi connectivity index (χ3v) is 5.08. The Hall–Kier alpha value is -4.86. The highest BCUT2D eigenvalue weighted by Crippen LogP contribution is 2.38. The number of hydrogen-bond acceptors (Lipinski definition) is 7. The van der Waals surface area contributed by atoms with E-state index >= 15 is 0 Å². The van der Waals surface area contributed by atoms with Gasteiger partial charge >= 0.3 is 6.03 Å². The molecule has 0 saturated carbocycles. The number of amides is 2. The topological polar surface area (TPSA) is 140 Å². The molecule has 9 nitrogen and oxygen atoms in total. The molecule has 0 spiro atoms. The first-order chi connectivity index (χ1) is 16.5. The molecular formula is C24H17FN6O3. The number of carbonyl (C=O) groups excluding carboxylic acids is 1. The van der Waals surface area contributed by atoms with Gasteiger partial charge in [-0.25, -0.2) is 14.2 Å². The molecule has 2 aromatic carbocycles. The van der Waals surface area contributed by atoms with Crippen molar-refractivity contribution in [2.75, 3.05) is 5.32 Å². The number of aromatic hydroxyl groups is 1. The molecule has 5 rings (SSSR count). The van der Waals surface area contributed by atoms with Crippen LogP contribution in [0, 0.1) is 5.82 Å². The molecule has 5 aromatic rings. The zero-order chi connectivity index (χ0) is 23.7. The Balaban J connectivity index is 1.59. The Morgan fingerprint density at radius 2 is 1.88 bits per heavy atom. The van der Waals surface area contributed by atoms with Crippen molar-refractivity contribution < 1.29 is 18.7 Å². The van der Waals surface area contributed by atoms with Crippen LogP contribution in [-0.2, 0) is 6.42 Å². The molecule has 0 fully saturated rings. The summed E-state index contributed by atoms with van der Waals surface area (Å²) < 4.78 is 18.9. The SMILES string of the molecule is NC(=O)Nc1cccc(-c2nc(-c3nnc(Cc4ccc(F)cc4)o3)c(O)c3ncccc23)c1. The highest BCUT2D eigenvalue weighted by Gasteiger charge is 2.21. The lowest BCUT2D eigenvalue weighted by Crippen LogP contribution is -2.19. The molecule has 3 aromatic heterocycles. The van der Waals surface area contributed by atoms with Crippen molar-refractivity contribution in [2.45, 2.75) is 6.42 Å². The summed E-state index contributed by atoms with van der Waals surface area (Å²) in [5.41, 5.74) is 8.00. The second-order valence-electron chi connectivity index (χ2n) is 7.43. The van der Waals surface area contributed by atoms with Crippen LogP contribution in [0.1, 0.15) is 11.5 Å². The quantitative estimate of drug-likeness (QED) is 0.359. The van der Waals surface area contributed by atoms with E-state index in [2.05, 4.69) is 25.5 Å². The fraction of sp³-hybridized carbons (Fsp3) is 0.0417. The minimum absolute atomic E-state index is 0.00910. The molecule has 3 heterocycles. The van der Waals surface area contributed by atoms with Gasteiger partial charge in [0.05, 0.1) is 12.1 Å². The molecule has 2 amide bonds. The molecule has 34 heavy (non-hydrogen) atoms. The van der Waals surface area contributed by atoms with Gasteiger partial charge in [0, 0.05) is 22.8 Å². The minimum atomic E-state index is -0.692. The van der Waals surface area contributed by atoms with Crippen LogP contribution in [0.2, 0.25) is 0 Å². The number of aromatic nitrogens is 4. The third-order valence-electron chi connectivity index (χ3n) is 5.08. The highest BCUT2D eigenvalue weighted by atomic mass is 19.1. The van der Waals surface area contributed by atoms with Crippen LogP contribution in [0.5, 0.6) is 5.75 Å². The van der Waals surface area contributed by atoms with Gasteiger partial charge in [-0.2, -0.15) is 0 Å². The lowest BCUT2D eigenvalue weighted by atomic mass is 10.0. The number of hydrogen-bond donors (Lipinski definition) is 3. The zero-order valence-electron chi connectivity index (χ0n) is 17.6. The number of pyridine rings is 2. The van der Waals surface area contributed by atoms with Gasteiger partial charge in [-0.3, -0.25) is 4.98 Å². The third kappa shape index (κ3) is 4.11. The van der Waals surface area contributed by atoms with E-state index in [9.17, 15) is 14.3 Å². The Morgan fingerprint density at radius 3 is 2.68 bits per heavy atom. The molecule has 0 saturated heterocycles. The normalized spacial score (nSPS) is 11.0. The first kappa shape index (κ1) is 21.0. The molecule has 0 atom stereocenters. The van der Waals surface area contributed by atoms with Gasteiger partial charge in [0.1, 0.15) is 11.3 Å². The van der Waals surface area contributed by atoms with Gasteiger partial charge in [-0.15, -0.1) is 10.2 Å². The van der Waals surface area contributed by atoms with Crippen molar-refractivity contribution >= 4 is 22.6 Å². The molecule has 0 unspecified atom stereocenters. The number of urea groups is 1. The van der Waals surface area contributed by atoms with Crippen molar-refractivity contribution in [3.8, 4) is 28.6 Å². The van der Waals surface area contributed by atoms with Gasteiger partial charge < -0.3 is 20.6 Å². The van der Waals surface area contributed by atoms with Gasteiger partial charge in [-0.1, -0.05) is 24.3 Å². The van der Waals surface area contributed by atoms with Crippen molar-refractivity contribution in [3.05, 3.63) is 84.1 Å². The van der Waals surface area contributed by atoms with E-state index < -0.39 is 6.03 Å². The van der Waals surface area contributed by atoms with E-state index in [1.165, 1.54) is 12.1 Å². The molecule has 10 heteroatoms. The second kappa shape index (κ2) is 8.58. The fourth-order valence-electron chi connectivity index (χ4n) is 3.58. The lowest BCUT2D eigenvalue weighted by molar-refractivity contribution is 0.259. The van der Waals surface area contributed by atoms with Crippen molar-refractivity contribution in [3.63, 3.8) is 0 Å². The second-order valence-corrected chi connectivity index (χ2v) is 7.43. The summed E-state index contributed by atoms with van der Waals surface area (Å²) in [6.45, 7) is 0. The maximum atomic E-state index is 13.2. The van der Waals surface area contributed by atoms with E-state index in [-0.39, 0.29) is 35.5 Å². The average molecular weight is 456 g/mol. The fourth-order valence-corrected chi connectivity index (χ4v) is 3.58. The van der Waals surface area contributed by atoms with Crippen LogP contribution >= 0.6 is 0 Å². The van der Waals surface area contributed by atoms with E-state index in [0.717, 1.165) is 5.56 Å². The number of nitrogens with one attached hydrogen (secondary N) is 1. The summed E-state index contributed by atoms with van der Waals surface area (Å²) in [4.78, 5) is 20.2. The number of nitrogens with zero attached hydrogens (tertiary/aromatic N) is 4. The van der Waals surface area contributed by atoms with E-state index in [1.54, 1.807) is 54.7 Å². The summed E-state index contributed by atoms with van der Waals surface area (Å²) in [5, 5.41) is 22.1. The predicted molar refractivity (Wildman–Crippen MR) is 122 cm³/mol. The van der Waals surface area contributed by atoms with Crippen molar-refractivity contribution in [1.82, 2.24) is 20.2 Å². The van der Waals surface area contributed by atoms with Crippen LogP contribution in [0.15, 0.2) is 71.3 Å². The minimum Gasteiger partial charge on any atom is -0.504 e. The Morgan fingerprint density at radius 1 is 1.06 bits per heavy atom. The van der Waals surface area contributed by atoms with E-state index in [4.69, 9.17) is 10.2 Å². The number of carbonyl (C=O) groups is 1. The molecular weight excluding hydrogens is 439 g/mol. The number of halogens is 1. The monoisotopic (exact) mass is 456 g/mol. The van der Waals surface area contributed by atoms with Gasteiger partial charge in [0.25, 0.3) is 5.89 Å². The van der Waals surface area contributed by atoms with E-state index in [0.29, 0.717) is 27.8 Å². The van der Waals surface area contributed by atoms with Crippen molar-refractivity contribution in [1.29, 1.82) is 0 Å². The Labute approximate surface area is 192 Å². The summed E-state index contributed by atoms with van der Waals surface area (Å²) in [5.74, 6) is -0.258. The molecule has 4 N–H and O–H groups in total. The van der Waals surface area contributed by atoms with Crippen LogP contribution < -0.4 is 11.1 Å². The molecule has 0 bridgehead atoms. The maximum absolute atomic E-state index is 13.2. The summed E-state index contributed by atoms with van der Waals surface area (Å²) >= 11 is 0. The first-order valence-corrected chi connectivity index (χ1v) is 10.2. The van der Waals surface area contributed by atoms with Crippen molar-refractivity contribution in [2.24, 2.45) is 5.73 Å².